The number of aromatic nitrogens is 5. The molecule has 0 unspecified atom stereocenters. The van der Waals surface area contributed by atoms with Crippen LogP contribution in [0.15, 0.2) is 110 Å². The van der Waals surface area contributed by atoms with Gasteiger partial charge in [0.05, 0.1) is 18.5 Å². The van der Waals surface area contributed by atoms with Crippen molar-refractivity contribution in [1.82, 2.24) is 29.8 Å². The molecule has 12 nitrogen and oxygen atoms in total. The molecule has 252 valence electrons. The molecule has 4 aromatic carbocycles. The summed E-state index contributed by atoms with van der Waals surface area (Å²) in [7, 11) is 0. The van der Waals surface area contributed by atoms with E-state index in [4.69, 9.17) is 9.47 Å². The van der Waals surface area contributed by atoms with Crippen molar-refractivity contribution in [3.05, 3.63) is 127 Å². The average Bonchev–Trinajstić information content (AvgIpc) is 3.87. The maximum Gasteiger partial charge on any atom is 0.251 e. The largest absolute Gasteiger partial charge is 0.487 e. The zero-order chi connectivity index (χ0) is 34.0. The van der Waals surface area contributed by atoms with Crippen molar-refractivity contribution >= 4 is 44.6 Å². The Balaban J connectivity index is 0.979. The van der Waals surface area contributed by atoms with Gasteiger partial charge in [-0.05, 0) is 46.5 Å². The molecule has 0 saturated carbocycles. The molecule has 0 bridgehead atoms. The summed E-state index contributed by atoms with van der Waals surface area (Å²) in [6.07, 6.45) is 2.71. The molecule has 12 heteroatoms. The number of imidazole rings is 1. The average molecular weight is 670 g/mol. The minimum Gasteiger partial charge on any atom is -0.487 e. The number of aliphatic hydroxyl groups excluding tert-OH is 2. The Labute approximate surface area is 286 Å². The van der Waals surface area contributed by atoms with E-state index in [0.29, 0.717) is 42.1 Å². The number of carbonyl (C=O) groups excluding carboxylic acids is 1. The number of H-pyrrole nitrogens is 1. The van der Waals surface area contributed by atoms with E-state index in [2.05, 4.69) is 36.6 Å². The summed E-state index contributed by atoms with van der Waals surface area (Å²) in [6, 6.07) is 28.4. The van der Waals surface area contributed by atoms with Crippen LogP contribution in [0, 0.1) is 0 Å². The lowest BCUT2D eigenvalue weighted by Gasteiger charge is -2.23. The molecule has 4 heterocycles. The second-order valence-corrected chi connectivity index (χ2v) is 12.3. The molecular formula is C38H35N7O5. The summed E-state index contributed by atoms with van der Waals surface area (Å²) in [5, 5.41) is 30.4. The van der Waals surface area contributed by atoms with Crippen molar-refractivity contribution in [3.8, 4) is 5.75 Å². The molecule has 0 spiro atoms. The van der Waals surface area contributed by atoms with E-state index in [1.54, 1.807) is 23.0 Å². The maximum atomic E-state index is 13.4. The Morgan fingerprint density at radius 1 is 0.960 bits per heavy atom. The minimum atomic E-state index is -1.17. The number of para-hydroxylation sites is 1. The Morgan fingerprint density at radius 2 is 1.80 bits per heavy atom. The molecule has 0 aliphatic carbocycles. The smallest absolute Gasteiger partial charge is 0.251 e. The number of hydrogen-bond acceptors (Lipinski definition) is 9. The van der Waals surface area contributed by atoms with Crippen LogP contribution in [0.2, 0.25) is 0 Å². The van der Waals surface area contributed by atoms with Crippen LogP contribution in [-0.4, -0.2) is 72.0 Å². The third-order valence-corrected chi connectivity index (χ3v) is 9.18. The van der Waals surface area contributed by atoms with Crippen LogP contribution in [0.3, 0.4) is 0 Å². The number of anilines is 1. The molecule has 50 heavy (non-hydrogen) atoms. The Morgan fingerprint density at radius 3 is 2.66 bits per heavy atom. The molecule has 8 rings (SSSR count). The quantitative estimate of drug-likeness (QED) is 0.131. The monoisotopic (exact) mass is 669 g/mol. The van der Waals surface area contributed by atoms with Gasteiger partial charge in [-0.25, -0.2) is 15.0 Å². The molecule has 1 aliphatic rings. The molecule has 1 amide bonds. The van der Waals surface area contributed by atoms with Crippen molar-refractivity contribution < 1.29 is 24.5 Å². The van der Waals surface area contributed by atoms with E-state index in [9.17, 15) is 15.0 Å². The van der Waals surface area contributed by atoms with Gasteiger partial charge in [0.2, 0.25) is 0 Å². The summed E-state index contributed by atoms with van der Waals surface area (Å²) in [6.45, 7) is 0.620. The third-order valence-electron chi connectivity index (χ3n) is 9.18. The molecular weight excluding hydrogens is 634 g/mol. The fourth-order valence-electron chi connectivity index (χ4n) is 6.59. The van der Waals surface area contributed by atoms with Gasteiger partial charge < -0.3 is 35.3 Å². The number of carbonyl (C=O) groups is 1. The molecule has 0 radical (unpaired) electrons. The summed E-state index contributed by atoms with van der Waals surface area (Å²) in [4.78, 5) is 30.3. The van der Waals surface area contributed by atoms with Crippen molar-refractivity contribution in [2.75, 3.05) is 18.5 Å². The number of nitrogens with zero attached hydrogens (tertiary/aromatic N) is 4. The lowest BCUT2D eigenvalue weighted by atomic mass is 10.0. The Hall–Kier alpha value is -5.82. The third kappa shape index (κ3) is 6.00. The Kier molecular flexibility index (Phi) is 8.55. The maximum absolute atomic E-state index is 13.4. The fraction of sp³-hybridized carbons (Fsp3) is 0.211. The van der Waals surface area contributed by atoms with Gasteiger partial charge in [0.15, 0.2) is 23.2 Å². The number of hydrogen-bond donors (Lipinski definition) is 5. The molecule has 5 N–H and O–H groups in total. The van der Waals surface area contributed by atoms with Crippen LogP contribution in [0.25, 0.3) is 32.8 Å². The van der Waals surface area contributed by atoms with E-state index in [1.165, 1.54) is 6.33 Å². The number of aromatic amines is 1. The van der Waals surface area contributed by atoms with E-state index >= 15 is 0 Å². The van der Waals surface area contributed by atoms with E-state index in [-0.39, 0.29) is 5.91 Å². The first kappa shape index (κ1) is 31.4. The van der Waals surface area contributed by atoms with Crippen molar-refractivity contribution in [3.63, 3.8) is 0 Å². The lowest BCUT2D eigenvalue weighted by Crippen LogP contribution is -2.46. The second-order valence-electron chi connectivity index (χ2n) is 12.3. The van der Waals surface area contributed by atoms with E-state index in [0.717, 1.165) is 38.6 Å². The van der Waals surface area contributed by atoms with Crippen molar-refractivity contribution in [1.29, 1.82) is 0 Å². The predicted molar refractivity (Wildman–Crippen MR) is 189 cm³/mol. The second kappa shape index (κ2) is 13.6. The number of rotatable bonds is 11. The molecule has 1 aliphatic heterocycles. The molecule has 4 atom stereocenters. The first-order valence-corrected chi connectivity index (χ1v) is 16.5. The van der Waals surface area contributed by atoms with E-state index in [1.807, 2.05) is 79.0 Å². The van der Waals surface area contributed by atoms with Gasteiger partial charge >= 0.3 is 0 Å². The molecule has 1 fully saturated rings. The van der Waals surface area contributed by atoms with Crippen LogP contribution in [0.5, 0.6) is 5.75 Å². The van der Waals surface area contributed by atoms with Crippen LogP contribution < -0.4 is 15.4 Å². The fourth-order valence-corrected chi connectivity index (χ4v) is 6.59. The van der Waals surface area contributed by atoms with Gasteiger partial charge in [-0.3, -0.25) is 9.36 Å². The highest BCUT2D eigenvalue weighted by Crippen LogP contribution is 2.33. The Bertz CT molecular complexity index is 2290. The summed E-state index contributed by atoms with van der Waals surface area (Å²) in [5.74, 6) is 0.957. The standard InChI is InChI=1S/C38H35N7O5/c46-19-30-34(47)32(44-37(48)26-14-13-24-9-4-5-10-25(24)17-26)38(50-30)45-22-43-33-35(41-21-42-36(33)45)39-16-15-27-18-40-31-28(27)11-6-12-29(31)49-20-23-7-2-1-3-8-23/h1-14,17-18,21-22,30,32,34,38,40,46-47H,15-16,19-20H2,(H,44,48)(H,39,41,42)/t30-,32-,34-,38-/m1/s1. The number of nitrogens with one attached hydrogen (secondary N) is 3. The number of aliphatic hydroxyl groups is 2. The minimum absolute atomic E-state index is 0.374. The number of ether oxygens (including phenoxy) is 2. The highest BCUT2D eigenvalue weighted by molar-refractivity contribution is 5.98. The zero-order valence-electron chi connectivity index (χ0n) is 26.9. The lowest BCUT2D eigenvalue weighted by molar-refractivity contribution is -0.0440. The van der Waals surface area contributed by atoms with Gasteiger partial charge in [0.1, 0.15) is 36.9 Å². The number of fused-ring (bicyclic) bond motifs is 3. The predicted octanol–water partition coefficient (Wildman–Crippen LogP) is 4.74. The van der Waals surface area contributed by atoms with Crippen LogP contribution in [-0.2, 0) is 17.8 Å². The van der Waals surface area contributed by atoms with Gasteiger partial charge in [-0.1, -0.05) is 72.8 Å². The normalized spacial score (nSPS) is 18.9. The SMILES string of the molecule is O=C(N[C@@H]1[C@H](O)[C@@H](CO)O[C@H]1n1cnc2c(NCCc3c[nH]c4c(OCc5ccccc5)cccc34)ncnc21)c1ccc2ccccc2c1. The number of benzene rings is 4. The van der Waals surface area contributed by atoms with Gasteiger partial charge in [0, 0.05) is 23.7 Å². The topological polar surface area (TPSA) is 159 Å². The van der Waals surface area contributed by atoms with Gasteiger partial charge in [-0.2, -0.15) is 0 Å². The first-order chi connectivity index (χ1) is 24.6. The van der Waals surface area contributed by atoms with Gasteiger partial charge in [0.25, 0.3) is 5.91 Å². The highest BCUT2D eigenvalue weighted by Gasteiger charge is 2.46. The van der Waals surface area contributed by atoms with Crippen molar-refractivity contribution in [2.24, 2.45) is 0 Å². The van der Waals surface area contributed by atoms with Crippen molar-refractivity contribution in [2.45, 2.75) is 37.5 Å². The van der Waals surface area contributed by atoms with Gasteiger partial charge in [-0.15, -0.1) is 0 Å². The summed E-state index contributed by atoms with van der Waals surface area (Å²) < 4.78 is 13.9. The molecule has 7 aromatic rings. The zero-order valence-corrected chi connectivity index (χ0v) is 26.9. The molecule has 3 aromatic heterocycles. The van der Waals surface area contributed by atoms with Crippen LogP contribution >= 0.6 is 0 Å². The van der Waals surface area contributed by atoms with Crippen LogP contribution in [0.4, 0.5) is 5.82 Å². The van der Waals surface area contributed by atoms with E-state index < -0.39 is 31.1 Å². The summed E-state index contributed by atoms with van der Waals surface area (Å²) in [5.41, 5.74) is 4.58. The van der Waals surface area contributed by atoms with Crippen LogP contribution in [0.1, 0.15) is 27.7 Å². The first-order valence-electron chi connectivity index (χ1n) is 16.5. The summed E-state index contributed by atoms with van der Waals surface area (Å²) >= 11 is 0. The highest BCUT2D eigenvalue weighted by atomic mass is 16.5. The number of amides is 1. The molecule has 1 saturated heterocycles.